The van der Waals surface area contributed by atoms with E-state index in [1.54, 1.807) is 0 Å². The van der Waals surface area contributed by atoms with E-state index < -0.39 is 0 Å². The number of nitrogens with zero attached hydrogens (tertiary/aromatic N) is 1. The highest BCUT2D eigenvalue weighted by Crippen LogP contribution is 2.38. The molecule has 4 heteroatoms. The minimum absolute atomic E-state index is 0.0208. The summed E-state index contributed by atoms with van der Waals surface area (Å²) >= 11 is 12.5. The van der Waals surface area contributed by atoms with E-state index in [2.05, 4.69) is 11.5 Å². The topological polar surface area (TPSA) is 25.2 Å². The number of benzene rings is 2. The molecule has 0 unspecified atom stereocenters. The maximum absolute atomic E-state index is 9.29. The van der Waals surface area contributed by atoms with E-state index in [9.17, 15) is 5.11 Å². The van der Waals surface area contributed by atoms with E-state index in [0.29, 0.717) is 10.0 Å². The van der Waals surface area contributed by atoms with Crippen molar-refractivity contribution in [3.63, 3.8) is 0 Å². The fraction of sp³-hybridized carbons (Fsp3) is 0.200. The molecule has 0 spiro atoms. The van der Waals surface area contributed by atoms with E-state index >= 15 is 0 Å². The Labute approximate surface area is 121 Å². The third kappa shape index (κ3) is 1.83. The Morgan fingerprint density at radius 3 is 2.53 bits per heavy atom. The highest BCUT2D eigenvalue weighted by Gasteiger charge is 2.14. The van der Waals surface area contributed by atoms with E-state index in [-0.39, 0.29) is 6.61 Å². The molecule has 3 aromatic rings. The van der Waals surface area contributed by atoms with Crippen molar-refractivity contribution in [2.75, 3.05) is 0 Å². The monoisotopic (exact) mass is 293 g/mol. The molecule has 0 saturated heterocycles. The number of halogens is 2. The molecule has 1 N–H and O–H groups in total. The average molecular weight is 294 g/mol. The van der Waals surface area contributed by atoms with E-state index in [1.807, 2.05) is 30.3 Å². The zero-order chi connectivity index (χ0) is 13.6. The zero-order valence-electron chi connectivity index (χ0n) is 10.5. The van der Waals surface area contributed by atoms with Gasteiger partial charge in [0.2, 0.25) is 0 Å². The van der Waals surface area contributed by atoms with E-state index in [4.69, 9.17) is 23.2 Å². The van der Waals surface area contributed by atoms with Gasteiger partial charge in [0, 0.05) is 22.8 Å². The molecule has 0 bridgehead atoms. The van der Waals surface area contributed by atoms with Gasteiger partial charge >= 0.3 is 0 Å². The first kappa shape index (κ1) is 12.8. The Morgan fingerprint density at radius 2 is 1.84 bits per heavy atom. The van der Waals surface area contributed by atoms with Crippen molar-refractivity contribution in [1.82, 2.24) is 4.57 Å². The van der Waals surface area contributed by atoms with Crippen LogP contribution in [0.3, 0.4) is 0 Å². The fourth-order valence-electron chi connectivity index (χ4n) is 2.61. The molecule has 1 aromatic heterocycles. The lowest BCUT2D eigenvalue weighted by molar-refractivity contribution is 0.282. The van der Waals surface area contributed by atoms with Gasteiger partial charge in [-0.15, -0.1) is 0 Å². The van der Waals surface area contributed by atoms with E-state index in [1.165, 1.54) is 0 Å². The molecule has 1 heterocycles. The Morgan fingerprint density at radius 1 is 1.11 bits per heavy atom. The van der Waals surface area contributed by atoms with Gasteiger partial charge in [-0.2, -0.15) is 0 Å². The molecule has 0 atom stereocenters. The average Bonchev–Trinajstić information content (AvgIpc) is 2.75. The van der Waals surface area contributed by atoms with Crippen LogP contribution in [0, 0.1) is 0 Å². The SMILES string of the molecule is CCn1c2ccc(CO)cc2c2c(Cl)c(Cl)ccc21. The molecule has 0 aliphatic heterocycles. The first-order valence-corrected chi connectivity index (χ1v) is 6.92. The van der Waals surface area contributed by atoms with Crippen LogP contribution >= 0.6 is 23.2 Å². The Hall–Kier alpha value is -1.22. The molecule has 0 amide bonds. The number of rotatable bonds is 2. The van der Waals surface area contributed by atoms with Crippen molar-refractivity contribution in [2.24, 2.45) is 0 Å². The molecule has 98 valence electrons. The lowest BCUT2D eigenvalue weighted by Gasteiger charge is -2.03. The van der Waals surface area contributed by atoms with Gasteiger partial charge in [0.1, 0.15) is 0 Å². The third-order valence-corrected chi connectivity index (χ3v) is 4.29. The summed E-state index contributed by atoms with van der Waals surface area (Å²) in [5.41, 5.74) is 3.06. The minimum atomic E-state index is 0.0208. The number of hydrogen-bond acceptors (Lipinski definition) is 1. The Bertz CT molecular complexity index is 777. The molecule has 0 aliphatic rings. The molecular weight excluding hydrogens is 281 g/mol. The summed E-state index contributed by atoms with van der Waals surface area (Å²) in [4.78, 5) is 0. The fourth-order valence-corrected chi connectivity index (χ4v) is 3.03. The number of aliphatic hydroxyl groups excluding tert-OH is 1. The minimum Gasteiger partial charge on any atom is -0.392 e. The number of aryl methyl sites for hydroxylation is 1. The molecule has 2 nitrogen and oxygen atoms in total. The molecule has 0 aliphatic carbocycles. The number of hydrogen-bond donors (Lipinski definition) is 1. The van der Waals surface area contributed by atoms with Crippen LogP contribution in [0.2, 0.25) is 10.0 Å². The van der Waals surface area contributed by atoms with Gasteiger partial charge in [-0.1, -0.05) is 29.3 Å². The van der Waals surface area contributed by atoms with Crippen molar-refractivity contribution in [1.29, 1.82) is 0 Å². The summed E-state index contributed by atoms with van der Waals surface area (Å²) in [6.07, 6.45) is 0. The normalized spacial score (nSPS) is 11.6. The highest BCUT2D eigenvalue weighted by molar-refractivity contribution is 6.46. The van der Waals surface area contributed by atoms with Crippen LogP contribution in [0.25, 0.3) is 21.8 Å². The van der Waals surface area contributed by atoms with Crippen molar-refractivity contribution >= 4 is 45.0 Å². The summed E-state index contributed by atoms with van der Waals surface area (Å²) in [5, 5.41) is 12.4. The molecule has 2 aromatic carbocycles. The summed E-state index contributed by atoms with van der Waals surface area (Å²) in [5.74, 6) is 0. The van der Waals surface area contributed by atoms with Gasteiger partial charge in [0.25, 0.3) is 0 Å². The molecular formula is C15H13Cl2NO. The smallest absolute Gasteiger partial charge is 0.0692 e. The number of fused-ring (bicyclic) bond motifs is 3. The summed E-state index contributed by atoms with van der Waals surface area (Å²) in [6.45, 7) is 2.98. The standard InChI is InChI=1S/C15H13Cl2NO/c1-2-18-12-5-3-9(8-19)7-10(12)14-13(18)6-4-11(16)15(14)17/h3-7,19H,2,8H2,1H3. The van der Waals surface area contributed by atoms with Crippen molar-refractivity contribution in [2.45, 2.75) is 20.1 Å². The maximum Gasteiger partial charge on any atom is 0.0692 e. The van der Waals surface area contributed by atoms with Gasteiger partial charge in [-0.3, -0.25) is 0 Å². The van der Waals surface area contributed by atoms with Gasteiger partial charge in [0.15, 0.2) is 0 Å². The quantitative estimate of drug-likeness (QED) is 0.733. The van der Waals surface area contributed by atoms with Crippen LogP contribution in [0.4, 0.5) is 0 Å². The van der Waals surface area contributed by atoms with Crippen LogP contribution in [0.15, 0.2) is 30.3 Å². The lowest BCUT2D eigenvalue weighted by atomic mass is 10.1. The van der Waals surface area contributed by atoms with Gasteiger partial charge in [-0.05, 0) is 36.8 Å². The van der Waals surface area contributed by atoms with Gasteiger partial charge < -0.3 is 9.67 Å². The van der Waals surface area contributed by atoms with Crippen LogP contribution < -0.4 is 0 Å². The second-order valence-electron chi connectivity index (χ2n) is 4.51. The predicted octanol–water partition coefficient (Wildman–Crippen LogP) is 4.61. The molecule has 0 saturated carbocycles. The van der Waals surface area contributed by atoms with Crippen LogP contribution in [0.5, 0.6) is 0 Å². The van der Waals surface area contributed by atoms with Crippen LogP contribution in [-0.2, 0) is 13.2 Å². The summed E-state index contributed by atoms with van der Waals surface area (Å²) in [7, 11) is 0. The Balaban J connectivity index is 2.55. The van der Waals surface area contributed by atoms with Crippen LogP contribution in [-0.4, -0.2) is 9.67 Å². The maximum atomic E-state index is 9.29. The second kappa shape index (κ2) is 4.71. The molecule has 0 radical (unpaired) electrons. The van der Waals surface area contributed by atoms with Crippen LogP contribution in [0.1, 0.15) is 12.5 Å². The lowest BCUT2D eigenvalue weighted by Crippen LogP contribution is -1.93. The van der Waals surface area contributed by atoms with Crippen molar-refractivity contribution in [3.05, 3.63) is 45.9 Å². The molecule has 3 rings (SSSR count). The van der Waals surface area contributed by atoms with E-state index in [0.717, 1.165) is 33.9 Å². The predicted molar refractivity (Wildman–Crippen MR) is 81.1 cm³/mol. The largest absolute Gasteiger partial charge is 0.392 e. The van der Waals surface area contributed by atoms with Gasteiger partial charge in [0.05, 0.1) is 22.2 Å². The first-order valence-electron chi connectivity index (χ1n) is 6.17. The highest BCUT2D eigenvalue weighted by atomic mass is 35.5. The Kier molecular flexibility index (Phi) is 3.17. The number of aliphatic hydroxyl groups is 1. The second-order valence-corrected chi connectivity index (χ2v) is 5.29. The summed E-state index contributed by atoms with van der Waals surface area (Å²) < 4.78 is 2.20. The zero-order valence-corrected chi connectivity index (χ0v) is 12.0. The van der Waals surface area contributed by atoms with Gasteiger partial charge in [-0.25, -0.2) is 0 Å². The van der Waals surface area contributed by atoms with Crippen molar-refractivity contribution < 1.29 is 5.11 Å². The first-order chi connectivity index (χ1) is 9.17. The summed E-state index contributed by atoms with van der Waals surface area (Å²) in [6, 6.07) is 9.75. The molecule has 19 heavy (non-hydrogen) atoms. The third-order valence-electron chi connectivity index (χ3n) is 3.48. The molecule has 0 fully saturated rings. The van der Waals surface area contributed by atoms with Crippen molar-refractivity contribution in [3.8, 4) is 0 Å². The number of aromatic nitrogens is 1.